The minimum absolute atomic E-state index is 0.0839. The van der Waals surface area contributed by atoms with Crippen LogP contribution in [-0.4, -0.2) is 17.8 Å². The van der Waals surface area contributed by atoms with Gasteiger partial charge >= 0.3 is 5.76 Å². The maximum atomic E-state index is 11.5. The molecule has 104 valence electrons. The van der Waals surface area contributed by atoms with E-state index in [4.69, 9.17) is 10.3 Å². The van der Waals surface area contributed by atoms with Gasteiger partial charge in [-0.05, 0) is 17.7 Å². The Morgan fingerprint density at radius 2 is 2.16 bits per heavy atom. The molecule has 0 saturated carbocycles. The molecule has 0 radical (unpaired) electrons. The summed E-state index contributed by atoms with van der Waals surface area (Å²) in [6.45, 7) is 5.56. The van der Waals surface area contributed by atoms with Crippen molar-refractivity contribution in [2.45, 2.75) is 19.3 Å². The fraction of sp³-hybridized carbons (Fsp3) is 0.462. The number of aryl methyl sites for hydroxylation is 1. The van der Waals surface area contributed by atoms with Crippen LogP contribution in [0.2, 0.25) is 0 Å². The largest absolute Gasteiger partial charge is 0.419 e. The monoisotopic (exact) mass is 264 g/mol. The lowest BCUT2D eigenvalue weighted by Crippen LogP contribution is -2.40. The molecule has 6 nitrogen and oxygen atoms in total. The maximum Gasteiger partial charge on any atom is 0.419 e. The molecule has 0 aliphatic rings. The highest BCUT2D eigenvalue weighted by molar-refractivity contribution is 5.74. The van der Waals surface area contributed by atoms with E-state index in [1.54, 1.807) is 7.05 Å². The Morgan fingerprint density at radius 3 is 2.84 bits per heavy atom. The summed E-state index contributed by atoms with van der Waals surface area (Å²) in [5, 5.41) is 3.20. The minimum Gasteiger partial charge on any atom is -0.408 e. The van der Waals surface area contributed by atoms with Gasteiger partial charge in [-0.3, -0.25) is 10.4 Å². The second-order valence-electron chi connectivity index (χ2n) is 5.30. The van der Waals surface area contributed by atoms with E-state index in [0.29, 0.717) is 12.3 Å². The number of aromatic nitrogens is 1. The van der Waals surface area contributed by atoms with Crippen LogP contribution in [0.1, 0.15) is 19.4 Å². The Bertz CT molecular complexity index is 627. The number of oxazole rings is 1. The van der Waals surface area contributed by atoms with Crippen LogP contribution in [-0.2, 0) is 12.5 Å². The molecule has 0 fully saturated rings. The average Bonchev–Trinajstić information content (AvgIpc) is 2.65. The lowest BCUT2D eigenvalue weighted by molar-refractivity contribution is 0.454. The van der Waals surface area contributed by atoms with Crippen molar-refractivity contribution < 1.29 is 4.42 Å². The molecule has 2 aromatic rings. The Balaban J connectivity index is 2.32. The summed E-state index contributed by atoms with van der Waals surface area (Å²) in [6, 6.07) is 5.86. The summed E-state index contributed by atoms with van der Waals surface area (Å²) in [4.78, 5) is 11.5. The first-order valence-corrected chi connectivity index (χ1v) is 6.20. The first-order chi connectivity index (χ1) is 8.95. The van der Waals surface area contributed by atoms with Crippen LogP contribution in [0.5, 0.6) is 0 Å². The number of hydrogen-bond acceptors (Lipinski definition) is 5. The molecule has 0 saturated heterocycles. The van der Waals surface area contributed by atoms with Crippen molar-refractivity contribution >= 4 is 11.1 Å². The first kappa shape index (κ1) is 13.8. The SMILES string of the molecule is Cn1c(=O)oc2cc(C(C)(C)CNCNN)ccc21. The summed E-state index contributed by atoms with van der Waals surface area (Å²) in [6.07, 6.45) is 0. The highest BCUT2D eigenvalue weighted by atomic mass is 16.4. The van der Waals surface area contributed by atoms with Gasteiger partial charge in [-0.1, -0.05) is 19.9 Å². The van der Waals surface area contributed by atoms with E-state index in [2.05, 4.69) is 24.6 Å². The molecule has 0 atom stereocenters. The van der Waals surface area contributed by atoms with Crippen LogP contribution in [0.3, 0.4) is 0 Å². The Kier molecular flexibility index (Phi) is 3.75. The number of benzene rings is 1. The Hall–Kier alpha value is -1.63. The lowest BCUT2D eigenvalue weighted by atomic mass is 9.84. The predicted molar refractivity (Wildman–Crippen MR) is 74.7 cm³/mol. The standard InChI is InChI=1S/C13H20N4O2/c1-13(2,7-15-8-16-14)9-4-5-10-11(6-9)19-12(18)17(10)3/h4-6,15-16H,7-8,14H2,1-3H3. The summed E-state index contributed by atoms with van der Waals surface area (Å²) < 4.78 is 6.72. The zero-order valence-corrected chi connectivity index (χ0v) is 11.5. The van der Waals surface area contributed by atoms with Gasteiger partial charge in [-0.2, -0.15) is 0 Å². The molecule has 0 spiro atoms. The van der Waals surface area contributed by atoms with Gasteiger partial charge in [0, 0.05) is 19.0 Å². The molecule has 2 rings (SSSR count). The second-order valence-corrected chi connectivity index (χ2v) is 5.30. The van der Waals surface area contributed by atoms with E-state index in [-0.39, 0.29) is 11.2 Å². The quantitative estimate of drug-likeness (QED) is 0.315. The molecular formula is C13H20N4O2. The van der Waals surface area contributed by atoms with E-state index >= 15 is 0 Å². The summed E-state index contributed by atoms with van der Waals surface area (Å²) >= 11 is 0. The lowest BCUT2D eigenvalue weighted by Gasteiger charge is -2.25. The fourth-order valence-corrected chi connectivity index (χ4v) is 2.10. The number of hydrogen-bond donors (Lipinski definition) is 3. The third-order valence-electron chi connectivity index (χ3n) is 3.37. The normalized spacial score (nSPS) is 12.2. The molecule has 1 aromatic carbocycles. The fourth-order valence-electron chi connectivity index (χ4n) is 2.10. The predicted octanol–water partition coefficient (Wildman–Crippen LogP) is 0.420. The molecule has 19 heavy (non-hydrogen) atoms. The van der Waals surface area contributed by atoms with E-state index < -0.39 is 0 Å². The molecule has 0 aliphatic heterocycles. The average molecular weight is 264 g/mol. The van der Waals surface area contributed by atoms with Crippen LogP contribution < -0.4 is 22.3 Å². The van der Waals surface area contributed by atoms with E-state index in [1.807, 2.05) is 18.2 Å². The van der Waals surface area contributed by atoms with Crippen LogP contribution in [0.15, 0.2) is 27.4 Å². The maximum absolute atomic E-state index is 11.5. The third-order valence-corrected chi connectivity index (χ3v) is 3.37. The van der Waals surface area contributed by atoms with E-state index in [9.17, 15) is 4.79 Å². The second kappa shape index (κ2) is 5.16. The van der Waals surface area contributed by atoms with Gasteiger partial charge in [0.1, 0.15) is 0 Å². The van der Waals surface area contributed by atoms with Gasteiger partial charge < -0.3 is 9.73 Å². The van der Waals surface area contributed by atoms with Gasteiger partial charge in [0.05, 0.1) is 12.2 Å². The van der Waals surface area contributed by atoms with Crippen molar-refractivity contribution in [1.82, 2.24) is 15.3 Å². The minimum atomic E-state index is -0.338. The van der Waals surface area contributed by atoms with Crippen molar-refractivity contribution in [2.24, 2.45) is 12.9 Å². The zero-order chi connectivity index (χ0) is 14.0. The van der Waals surface area contributed by atoms with Crippen LogP contribution in [0.4, 0.5) is 0 Å². The van der Waals surface area contributed by atoms with Crippen molar-refractivity contribution in [3.63, 3.8) is 0 Å². The Morgan fingerprint density at radius 1 is 1.42 bits per heavy atom. The number of rotatable bonds is 5. The first-order valence-electron chi connectivity index (χ1n) is 6.20. The molecule has 1 aromatic heterocycles. The molecule has 0 bridgehead atoms. The summed E-state index contributed by atoms with van der Waals surface area (Å²) in [5.74, 6) is 4.89. The van der Waals surface area contributed by atoms with E-state index in [1.165, 1.54) is 4.57 Å². The molecule has 4 N–H and O–H groups in total. The van der Waals surface area contributed by atoms with Gasteiger partial charge in [-0.15, -0.1) is 0 Å². The smallest absolute Gasteiger partial charge is 0.408 e. The van der Waals surface area contributed by atoms with Crippen molar-refractivity contribution in [1.29, 1.82) is 0 Å². The Labute approximate surface area is 111 Å². The molecule has 0 aliphatic carbocycles. The molecule has 1 heterocycles. The molecule has 6 heteroatoms. The van der Waals surface area contributed by atoms with Gasteiger partial charge in [-0.25, -0.2) is 10.2 Å². The molecule has 0 unspecified atom stereocenters. The summed E-state index contributed by atoms with van der Waals surface area (Å²) in [5.41, 5.74) is 5.01. The number of nitrogens with two attached hydrogens (primary N) is 1. The van der Waals surface area contributed by atoms with Crippen molar-refractivity contribution in [3.05, 3.63) is 34.3 Å². The third kappa shape index (κ3) is 2.70. The van der Waals surface area contributed by atoms with Crippen LogP contribution in [0, 0.1) is 0 Å². The molecular weight excluding hydrogens is 244 g/mol. The number of nitrogens with one attached hydrogen (secondary N) is 2. The van der Waals surface area contributed by atoms with Crippen LogP contribution in [0.25, 0.3) is 11.1 Å². The van der Waals surface area contributed by atoms with Crippen LogP contribution >= 0.6 is 0 Å². The van der Waals surface area contributed by atoms with Gasteiger partial charge in [0.15, 0.2) is 5.58 Å². The number of hydrazine groups is 1. The molecule has 0 amide bonds. The number of nitrogens with zero attached hydrogens (tertiary/aromatic N) is 1. The topological polar surface area (TPSA) is 85.2 Å². The van der Waals surface area contributed by atoms with E-state index in [0.717, 1.165) is 17.6 Å². The highest BCUT2D eigenvalue weighted by Crippen LogP contribution is 2.25. The highest BCUT2D eigenvalue weighted by Gasteiger charge is 2.21. The van der Waals surface area contributed by atoms with Gasteiger partial charge in [0.25, 0.3) is 0 Å². The summed E-state index contributed by atoms with van der Waals surface area (Å²) in [7, 11) is 1.70. The van der Waals surface area contributed by atoms with Gasteiger partial charge in [0.2, 0.25) is 0 Å². The van der Waals surface area contributed by atoms with Crippen molar-refractivity contribution in [2.75, 3.05) is 13.2 Å². The zero-order valence-electron chi connectivity index (χ0n) is 11.5. The number of fused-ring (bicyclic) bond motifs is 1. The van der Waals surface area contributed by atoms with Crippen molar-refractivity contribution in [3.8, 4) is 0 Å².